The van der Waals surface area contributed by atoms with Gasteiger partial charge < -0.3 is 10.6 Å². The van der Waals surface area contributed by atoms with Crippen molar-refractivity contribution in [2.75, 3.05) is 23.7 Å². The molecule has 1 aromatic heterocycles. The Balaban J connectivity index is 1.41. The van der Waals surface area contributed by atoms with Crippen molar-refractivity contribution in [1.82, 2.24) is 9.36 Å². The van der Waals surface area contributed by atoms with Gasteiger partial charge in [-0.3, -0.25) is 10.1 Å². The average Bonchev–Trinajstić information content (AvgIpc) is 3.24. The summed E-state index contributed by atoms with van der Waals surface area (Å²) in [5, 5.41) is 17.8. The van der Waals surface area contributed by atoms with Crippen LogP contribution in [0.25, 0.3) is 0 Å². The van der Waals surface area contributed by atoms with Crippen LogP contribution in [0.4, 0.5) is 16.5 Å². The molecule has 8 heteroatoms. The molecule has 2 N–H and O–H groups in total. The zero-order valence-corrected chi connectivity index (χ0v) is 12.1. The quantitative estimate of drug-likeness (QED) is 0.464. The highest BCUT2D eigenvalue weighted by molar-refractivity contribution is 7.09. The molecule has 0 amide bonds. The van der Waals surface area contributed by atoms with E-state index < -0.39 is 4.92 Å². The van der Waals surface area contributed by atoms with Gasteiger partial charge in [0.05, 0.1) is 4.92 Å². The third-order valence-electron chi connectivity index (χ3n) is 3.19. The summed E-state index contributed by atoms with van der Waals surface area (Å²) in [6.07, 6.45) is 2.41. The molecule has 0 bridgehead atoms. The number of nitro groups is 1. The molecule has 1 fully saturated rings. The lowest BCUT2D eigenvalue weighted by Crippen LogP contribution is -2.13. The van der Waals surface area contributed by atoms with E-state index in [0.717, 1.165) is 23.2 Å². The van der Waals surface area contributed by atoms with E-state index in [1.165, 1.54) is 36.5 Å². The standard InChI is InChI=1S/C13H15N5O2S/c19-18(20)11-5-3-10(4-6-11)14-7-8-15-13-16-12(17-21-13)9-1-2-9/h3-6,9,14H,1-2,7-8H2,(H,15,16,17). The van der Waals surface area contributed by atoms with Crippen LogP contribution in [-0.4, -0.2) is 27.4 Å². The summed E-state index contributed by atoms with van der Waals surface area (Å²) in [6.45, 7) is 1.42. The Morgan fingerprint density at radius 2 is 1.95 bits per heavy atom. The molecule has 0 aliphatic heterocycles. The molecule has 0 radical (unpaired) electrons. The molecule has 21 heavy (non-hydrogen) atoms. The lowest BCUT2D eigenvalue weighted by Gasteiger charge is -2.06. The lowest BCUT2D eigenvalue weighted by atomic mass is 10.3. The maximum absolute atomic E-state index is 10.5. The van der Waals surface area contributed by atoms with Crippen molar-refractivity contribution in [2.45, 2.75) is 18.8 Å². The minimum absolute atomic E-state index is 0.0974. The van der Waals surface area contributed by atoms with Gasteiger partial charge in [-0.15, -0.1) is 0 Å². The smallest absolute Gasteiger partial charge is 0.269 e. The normalized spacial score (nSPS) is 13.9. The third-order valence-corrected chi connectivity index (χ3v) is 3.88. The average molecular weight is 305 g/mol. The molecule has 7 nitrogen and oxygen atoms in total. The van der Waals surface area contributed by atoms with E-state index in [0.29, 0.717) is 12.5 Å². The number of nitrogens with zero attached hydrogens (tertiary/aromatic N) is 3. The van der Waals surface area contributed by atoms with E-state index in [9.17, 15) is 10.1 Å². The lowest BCUT2D eigenvalue weighted by molar-refractivity contribution is -0.384. The van der Waals surface area contributed by atoms with Crippen LogP contribution >= 0.6 is 11.5 Å². The summed E-state index contributed by atoms with van der Waals surface area (Å²) in [5.41, 5.74) is 0.957. The van der Waals surface area contributed by atoms with Gasteiger partial charge >= 0.3 is 0 Å². The molecule has 0 unspecified atom stereocenters. The van der Waals surface area contributed by atoms with Crippen LogP contribution in [0.3, 0.4) is 0 Å². The summed E-state index contributed by atoms with van der Waals surface area (Å²) >= 11 is 1.39. The summed E-state index contributed by atoms with van der Waals surface area (Å²) in [5.74, 6) is 1.54. The summed E-state index contributed by atoms with van der Waals surface area (Å²) in [7, 11) is 0. The first-order valence-corrected chi connectivity index (χ1v) is 7.55. The number of hydrogen-bond donors (Lipinski definition) is 2. The van der Waals surface area contributed by atoms with Crippen molar-refractivity contribution in [3.63, 3.8) is 0 Å². The first-order chi connectivity index (χ1) is 10.2. The number of benzene rings is 1. The van der Waals surface area contributed by atoms with Crippen molar-refractivity contribution in [3.05, 3.63) is 40.2 Å². The van der Waals surface area contributed by atoms with Crippen LogP contribution in [0.5, 0.6) is 0 Å². The molecule has 1 saturated carbocycles. The van der Waals surface area contributed by atoms with Gasteiger partial charge in [0.2, 0.25) is 5.13 Å². The molecule has 1 aliphatic rings. The maximum Gasteiger partial charge on any atom is 0.269 e. The van der Waals surface area contributed by atoms with Crippen LogP contribution in [0, 0.1) is 10.1 Å². The van der Waals surface area contributed by atoms with Gasteiger partial charge in [0.1, 0.15) is 5.82 Å². The molecule has 1 aliphatic carbocycles. The van der Waals surface area contributed by atoms with Crippen LogP contribution < -0.4 is 10.6 Å². The van der Waals surface area contributed by atoms with E-state index >= 15 is 0 Å². The van der Waals surface area contributed by atoms with Gasteiger partial charge in [-0.05, 0) is 25.0 Å². The van der Waals surface area contributed by atoms with Gasteiger partial charge in [-0.2, -0.15) is 4.37 Å². The molecule has 0 saturated heterocycles. The second-order valence-corrected chi connectivity index (χ2v) is 5.64. The maximum atomic E-state index is 10.5. The van der Waals surface area contributed by atoms with Crippen molar-refractivity contribution < 1.29 is 4.92 Å². The Bertz CT molecular complexity index is 624. The Kier molecular flexibility index (Phi) is 3.96. The predicted molar refractivity (Wildman–Crippen MR) is 82.0 cm³/mol. The highest BCUT2D eigenvalue weighted by atomic mass is 32.1. The number of non-ortho nitro benzene ring substituents is 1. The number of nitro benzene ring substituents is 1. The SMILES string of the molecule is O=[N+]([O-])c1ccc(NCCNc2nc(C3CC3)ns2)cc1. The fraction of sp³-hybridized carbons (Fsp3) is 0.385. The Morgan fingerprint density at radius 1 is 1.24 bits per heavy atom. The number of rotatable bonds is 7. The second-order valence-electron chi connectivity index (χ2n) is 4.89. The van der Waals surface area contributed by atoms with E-state index in [1.54, 1.807) is 12.1 Å². The van der Waals surface area contributed by atoms with Crippen molar-refractivity contribution in [1.29, 1.82) is 0 Å². The minimum Gasteiger partial charge on any atom is -0.383 e. The highest BCUT2D eigenvalue weighted by Gasteiger charge is 2.27. The minimum atomic E-state index is -0.405. The van der Waals surface area contributed by atoms with Crippen molar-refractivity contribution in [3.8, 4) is 0 Å². The fourth-order valence-electron chi connectivity index (χ4n) is 1.89. The second kappa shape index (κ2) is 6.04. The molecular weight excluding hydrogens is 290 g/mol. The Hall–Kier alpha value is -2.22. The van der Waals surface area contributed by atoms with Gasteiger partial charge in [0.25, 0.3) is 5.69 Å². The van der Waals surface area contributed by atoms with Gasteiger partial charge in [0.15, 0.2) is 0 Å². The molecule has 2 aromatic rings. The predicted octanol–water partition coefficient (Wildman–Crippen LogP) is 2.85. The summed E-state index contributed by atoms with van der Waals surface area (Å²) < 4.78 is 4.33. The van der Waals surface area contributed by atoms with Crippen LogP contribution in [-0.2, 0) is 0 Å². The number of nitrogens with one attached hydrogen (secondary N) is 2. The summed E-state index contributed by atoms with van der Waals surface area (Å²) in [6, 6.07) is 6.38. The van der Waals surface area contributed by atoms with Crippen LogP contribution in [0.1, 0.15) is 24.6 Å². The van der Waals surface area contributed by atoms with E-state index in [2.05, 4.69) is 20.0 Å². The van der Waals surface area contributed by atoms with Gasteiger partial charge in [0, 0.05) is 48.4 Å². The number of anilines is 2. The van der Waals surface area contributed by atoms with Gasteiger partial charge in [-0.25, -0.2) is 4.98 Å². The Labute approximate surface area is 125 Å². The zero-order valence-electron chi connectivity index (χ0n) is 11.3. The zero-order chi connectivity index (χ0) is 14.7. The molecule has 0 spiro atoms. The van der Waals surface area contributed by atoms with E-state index in [4.69, 9.17) is 0 Å². The monoisotopic (exact) mass is 305 g/mol. The van der Waals surface area contributed by atoms with Crippen LogP contribution in [0.2, 0.25) is 0 Å². The van der Waals surface area contributed by atoms with E-state index in [1.807, 2.05) is 0 Å². The first-order valence-electron chi connectivity index (χ1n) is 6.78. The van der Waals surface area contributed by atoms with E-state index in [-0.39, 0.29) is 5.69 Å². The topological polar surface area (TPSA) is 93.0 Å². The first kappa shape index (κ1) is 13.7. The molecule has 110 valence electrons. The summed E-state index contributed by atoms with van der Waals surface area (Å²) in [4.78, 5) is 14.6. The molecule has 3 rings (SSSR count). The Morgan fingerprint density at radius 3 is 2.62 bits per heavy atom. The largest absolute Gasteiger partial charge is 0.383 e. The molecular formula is C13H15N5O2S. The third kappa shape index (κ3) is 3.66. The number of aromatic nitrogens is 2. The van der Waals surface area contributed by atoms with Crippen LogP contribution in [0.15, 0.2) is 24.3 Å². The molecule has 0 atom stereocenters. The van der Waals surface area contributed by atoms with Crippen molar-refractivity contribution in [2.24, 2.45) is 0 Å². The highest BCUT2D eigenvalue weighted by Crippen LogP contribution is 2.39. The van der Waals surface area contributed by atoms with Crippen molar-refractivity contribution >= 4 is 28.0 Å². The molecule has 1 heterocycles. The molecule has 1 aromatic carbocycles. The fourth-order valence-corrected chi connectivity index (χ4v) is 2.56. The van der Waals surface area contributed by atoms with Gasteiger partial charge in [-0.1, -0.05) is 0 Å². The number of hydrogen-bond acceptors (Lipinski definition) is 7.